The van der Waals surface area contributed by atoms with Crippen LogP contribution < -0.4 is 10.9 Å². The van der Waals surface area contributed by atoms with Crippen molar-refractivity contribution in [2.24, 2.45) is 0 Å². The molecule has 0 amide bonds. The Morgan fingerprint density at radius 1 is 1.33 bits per heavy atom. The van der Waals surface area contributed by atoms with E-state index in [1.165, 1.54) is 0 Å². The summed E-state index contributed by atoms with van der Waals surface area (Å²) in [6, 6.07) is 7.21. The Morgan fingerprint density at radius 3 is 2.87 bits per heavy atom. The molecule has 0 aliphatic heterocycles. The van der Waals surface area contributed by atoms with E-state index in [9.17, 15) is 4.79 Å². The second-order valence-electron chi connectivity index (χ2n) is 3.06. The fraction of sp³-hybridized carbons (Fsp3) is 0.0909. The molecule has 0 fully saturated rings. The molecule has 0 saturated carbocycles. The molecule has 2 rings (SSSR count). The van der Waals surface area contributed by atoms with Crippen molar-refractivity contribution in [1.82, 2.24) is 9.55 Å². The van der Waals surface area contributed by atoms with Crippen molar-refractivity contribution in [3.8, 4) is 5.69 Å². The fourth-order valence-electron chi connectivity index (χ4n) is 1.38. The fourth-order valence-corrected chi connectivity index (χ4v) is 1.38. The third-order valence-corrected chi connectivity index (χ3v) is 2.14. The van der Waals surface area contributed by atoms with Gasteiger partial charge in [-0.25, -0.2) is 0 Å². The van der Waals surface area contributed by atoms with Crippen LogP contribution in [0.15, 0.2) is 47.7 Å². The summed E-state index contributed by atoms with van der Waals surface area (Å²) < 4.78 is 1.55. The molecule has 0 spiro atoms. The van der Waals surface area contributed by atoms with E-state index < -0.39 is 0 Å². The maximum Gasteiger partial charge on any atom is 0.278 e. The van der Waals surface area contributed by atoms with E-state index in [0.29, 0.717) is 5.69 Å². The third-order valence-electron chi connectivity index (χ3n) is 2.14. The van der Waals surface area contributed by atoms with Gasteiger partial charge in [0, 0.05) is 19.4 Å². The number of pyridine rings is 2. The summed E-state index contributed by atoms with van der Waals surface area (Å²) in [6.07, 6.45) is 5.05. The van der Waals surface area contributed by atoms with Crippen LogP contribution in [0.4, 0.5) is 5.69 Å². The zero-order chi connectivity index (χ0) is 10.7. The number of nitrogens with one attached hydrogen (secondary N) is 1. The van der Waals surface area contributed by atoms with E-state index in [1.807, 2.05) is 12.1 Å². The second kappa shape index (κ2) is 3.96. The van der Waals surface area contributed by atoms with E-state index in [2.05, 4.69) is 10.3 Å². The highest BCUT2D eigenvalue weighted by Gasteiger charge is 2.02. The van der Waals surface area contributed by atoms with Crippen molar-refractivity contribution < 1.29 is 0 Å². The van der Waals surface area contributed by atoms with Crippen LogP contribution in [0.1, 0.15) is 0 Å². The van der Waals surface area contributed by atoms with Crippen molar-refractivity contribution in [2.75, 3.05) is 12.4 Å². The first-order chi connectivity index (χ1) is 7.33. The van der Waals surface area contributed by atoms with Crippen LogP contribution in [-0.2, 0) is 0 Å². The average Bonchev–Trinajstić information content (AvgIpc) is 2.30. The molecular weight excluding hydrogens is 190 g/mol. The summed E-state index contributed by atoms with van der Waals surface area (Å²) in [4.78, 5) is 15.9. The molecule has 0 unspecified atom stereocenters. The summed E-state index contributed by atoms with van der Waals surface area (Å²) in [5.41, 5.74) is 1.26. The Kier molecular flexibility index (Phi) is 2.49. The van der Waals surface area contributed by atoms with Gasteiger partial charge in [-0.3, -0.25) is 14.3 Å². The number of hydrogen-bond donors (Lipinski definition) is 1. The number of nitrogens with zero attached hydrogens (tertiary/aromatic N) is 2. The van der Waals surface area contributed by atoms with Gasteiger partial charge in [0.25, 0.3) is 5.56 Å². The highest BCUT2D eigenvalue weighted by molar-refractivity contribution is 5.42. The van der Waals surface area contributed by atoms with E-state index >= 15 is 0 Å². The summed E-state index contributed by atoms with van der Waals surface area (Å²) >= 11 is 0. The number of aromatic nitrogens is 2. The van der Waals surface area contributed by atoms with Crippen LogP contribution in [0.5, 0.6) is 0 Å². The smallest absolute Gasteiger partial charge is 0.278 e. The van der Waals surface area contributed by atoms with E-state index in [1.54, 1.807) is 42.3 Å². The Labute approximate surface area is 87.2 Å². The van der Waals surface area contributed by atoms with Gasteiger partial charge in [0.05, 0.1) is 11.9 Å². The summed E-state index contributed by atoms with van der Waals surface area (Å²) in [5, 5.41) is 2.85. The Balaban J connectivity index is 2.60. The highest BCUT2D eigenvalue weighted by atomic mass is 16.1. The lowest BCUT2D eigenvalue weighted by Crippen LogP contribution is -2.20. The average molecular weight is 201 g/mol. The summed E-state index contributed by atoms with van der Waals surface area (Å²) in [7, 11) is 1.73. The van der Waals surface area contributed by atoms with Gasteiger partial charge >= 0.3 is 0 Å². The molecular formula is C11H11N3O. The lowest BCUT2D eigenvalue weighted by molar-refractivity contribution is 0.979. The van der Waals surface area contributed by atoms with E-state index in [0.717, 1.165) is 5.69 Å². The molecule has 1 N–H and O–H groups in total. The normalized spacial score (nSPS) is 9.93. The molecule has 0 saturated heterocycles. The minimum Gasteiger partial charge on any atom is -0.384 e. The molecule has 0 aliphatic rings. The molecule has 0 radical (unpaired) electrons. The van der Waals surface area contributed by atoms with Gasteiger partial charge in [-0.05, 0) is 24.3 Å². The topological polar surface area (TPSA) is 46.9 Å². The maximum absolute atomic E-state index is 11.9. The molecule has 76 valence electrons. The van der Waals surface area contributed by atoms with Crippen LogP contribution in [0.25, 0.3) is 5.69 Å². The van der Waals surface area contributed by atoms with Gasteiger partial charge < -0.3 is 5.32 Å². The SMILES string of the molecule is CNc1cccn(-c2cccnc2)c1=O. The molecule has 0 aromatic carbocycles. The zero-order valence-corrected chi connectivity index (χ0v) is 8.34. The van der Waals surface area contributed by atoms with Crippen molar-refractivity contribution in [2.45, 2.75) is 0 Å². The van der Waals surface area contributed by atoms with Crippen LogP contribution in [-0.4, -0.2) is 16.6 Å². The van der Waals surface area contributed by atoms with Gasteiger partial charge in [-0.15, -0.1) is 0 Å². The standard InChI is InChI=1S/C11H11N3O/c1-12-10-5-3-7-14(11(10)15)9-4-2-6-13-8-9/h2-8,12H,1H3. The minimum absolute atomic E-state index is 0.0759. The van der Waals surface area contributed by atoms with Crippen LogP contribution in [0.2, 0.25) is 0 Å². The lowest BCUT2D eigenvalue weighted by atomic mass is 10.3. The number of hydrogen-bond acceptors (Lipinski definition) is 3. The van der Waals surface area contributed by atoms with Gasteiger partial charge in [0.15, 0.2) is 0 Å². The molecule has 0 bridgehead atoms. The molecule has 4 nitrogen and oxygen atoms in total. The van der Waals surface area contributed by atoms with Crippen LogP contribution in [0, 0.1) is 0 Å². The van der Waals surface area contributed by atoms with Gasteiger partial charge in [-0.1, -0.05) is 0 Å². The van der Waals surface area contributed by atoms with Gasteiger partial charge in [-0.2, -0.15) is 0 Å². The molecule has 0 aliphatic carbocycles. The van der Waals surface area contributed by atoms with Crippen molar-refractivity contribution in [3.63, 3.8) is 0 Å². The molecule has 2 aromatic rings. The van der Waals surface area contributed by atoms with E-state index in [-0.39, 0.29) is 5.56 Å². The zero-order valence-electron chi connectivity index (χ0n) is 8.34. The summed E-state index contributed by atoms with van der Waals surface area (Å²) in [6.45, 7) is 0. The predicted molar refractivity (Wildman–Crippen MR) is 59.4 cm³/mol. The molecule has 2 aromatic heterocycles. The first kappa shape index (κ1) is 9.45. The van der Waals surface area contributed by atoms with Gasteiger partial charge in [0.2, 0.25) is 0 Å². The quantitative estimate of drug-likeness (QED) is 0.796. The Bertz CT molecular complexity index is 505. The van der Waals surface area contributed by atoms with Crippen LogP contribution >= 0.6 is 0 Å². The first-order valence-corrected chi connectivity index (χ1v) is 4.63. The van der Waals surface area contributed by atoms with Crippen molar-refractivity contribution >= 4 is 5.69 Å². The highest BCUT2D eigenvalue weighted by Crippen LogP contribution is 2.04. The third kappa shape index (κ3) is 1.74. The molecule has 4 heteroatoms. The van der Waals surface area contributed by atoms with Crippen LogP contribution in [0.3, 0.4) is 0 Å². The predicted octanol–water partition coefficient (Wildman–Crippen LogP) is 1.27. The largest absolute Gasteiger partial charge is 0.384 e. The number of anilines is 1. The molecule has 15 heavy (non-hydrogen) atoms. The lowest BCUT2D eigenvalue weighted by Gasteiger charge is -2.06. The van der Waals surface area contributed by atoms with E-state index in [4.69, 9.17) is 0 Å². The second-order valence-corrected chi connectivity index (χ2v) is 3.06. The number of rotatable bonds is 2. The van der Waals surface area contributed by atoms with Crippen molar-refractivity contribution in [1.29, 1.82) is 0 Å². The maximum atomic E-state index is 11.9. The minimum atomic E-state index is -0.0759. The molecule has 0 atom stereocenters. The monoisotopic (exact) mass is 201 g/mol. The Hall–Kier alpha value is -2.10. The van der Waals surface area contributed by atoms with Crippen molar-refractivity contribution in [3.05, 3.63) is 53.2 Å². The Morgan fingerprint density at radius 2 is 2.20 bits per heavy atom. The molecule has 2 heterocycles. The first-order valence-electron chi connectivity index (χ1n) is 4.63. The summed E-state index contributed by atoms with van der Waals surface area (Å²) in [5.74, 6) is 0. The van der Waals surface area contributed by atoms with Gasteiger partial charge in [0.1, 0.15) is 5.69 Å².